The van der Waals surface area contributed by atoms with E-state index in [0.717, 1.165) is 52.3 Å². The summed E-state index contributed by atoms with van der Waals surface area (Å²) in [5.74, 6) is -0.0841. The molecule has 3 aromatic rings. The minimum absolute atomic E-state index is 0.170. The Bertz CT molecular complexity index is 915. The molecule has 0 spiro atoms. The summed E-state index contributed by atoms with van der Waals surface area (Å²) < 4.78 is 13.5. The molecule has 2 aromatic carbocycles. The Labute approximate surface area is 150 Å². The topological polar surface area (TPSA) is 36.1 Å². The SMILES string of the molecule is O=C(Cc1c(Sc2cccc(F)c2)[nH]c2ccccc12)N1CCCC1. The van der Waals surface area contributed by atoms with Crippen molar-refractivity contribution in [2.45, 2.75) is 29.2 Å². The highest BCUT2D eigenvalue weighted by atomic mass is 32.2. The molecule has 25 heavy (non-hydrogen) atoms. The van der Waals surface area contributed by atoms with E-state index in [9.17, 15) is 9.18 Å². The summed E-state index contributed by atoms with van der Waals surface area (Å²) in [6.07, 6.45) is 2.55. The van der Waals surface area contributed by atoms with E-state index in [-0.39, 0.29) is 11.7 Å². The number of rotatable bonds is 4. The molecule has 4 rings (SSSR count). The molecule has 1 aliphatic rings. The highest BCUT2D eigenvalue weighted by molar-refractivity contribution is 7.99. The number of H-pyrrole nitrogens is 1. The van der Waals surface area contributed by atoms with E-state index < -0.39 is 0 Å². The Kier molecular flexibility index (Phi) is 4.49. The number of halogens is 1. The second-order valence-corrected chi connectivity index (χ2v) is 7.39. The third-order valence-corrected chi connectivity index (χ3v) is 5.62. The van der Waals surface area contributed by atoms with E-state index >= 15 is 0 Å². The summed E-state index contributed by atoms with van der Waals surface area (Å²) in [4.78, 5) is 18.8. The molecule has 1 N–H and O–H groups in total. The number of aromatic nitrogens is 1. The minimum Gasteiger partial charge on any atom is -0.349 e. The molecule has 1 fully saturated rings. The van der Waals surface area contributed by atoms with Gasteiger partial charge in [0.1, 0.15) is 5.82 Å². The molecular formula is C20H19FN2OS. The molecule has 1 amide bonds. The zero-order chi connectivity index (χ0) is 17.2. The number of aromatic amines is 1. The number of nitrogens with one attached hydrogen (secondary N) is 1. The minimum atomic E-state index is -0.254. The van der Waals surface area contributed by atoms with Crippen LogP contribution in [-0.2, 0) is 11.2 Å². The number of likely N-dealkylation sites (tertiary alicyclic amines) is 1. The standard InChI is InChI=1S/C20H19FN2OS/c21-14-6-5-7-15(12-14)25-20-17(13-19(24)23-10-3-4-11-23)16-8-1-2-9-18(16)22-20/h1-2,5-9,12,22H,3-4,10-11,13H2. The van der Waals surface area contributed by atoms with Crippen LogP contribution in [0, 0.1) is 5.82 Å². The van der Waals surface area contributed by atoms with Crippen LogP contribution in [0.15, 0.2) is 58.5 Å². The number of hydrogen-bond donors (Lipinski definition) is 1. The Morgan fingerprint density at radius 2 is 1.92 bits per heavy atom. The van der Waals surface area contributed by atoms with Gasteiger partial charge in [-0.1, -0.05) is 36.0 Å². The van der Waals surface area contributed by atoms with Crippen molar-refractivity contribution in [3.05, 3.63) is 59.9 Å². The molecule has 0 saturated carbocycles. The van der Waals surface area contributed by atoms with Crippen LogP contribution in [0.5, 0.6) is 0 Å². The van der Waals surface area contributed by atoms with Gasteiger partial charge >= 0.3 is 0 Å². The summed E-state index contributed by atoms with van der Waals surface area (Å²) in [7, 11) is 0. The summed E-state index contributed by atoms with van der Waals surface area (Å²) in [6, 6.07) is 14.5. The van der Waals surface area contributed by atoms with Crippen molar-refractivity contribution >= 4 is 28.6 Å². The summed E-state index contributed by atoms with van der Waals surface area (Å²) in [5.41, 5.74) is 2.01. The van der Waals surface area contributed by atoms with Crippen molar-refractivity contribution in [3.8, 4) is 0 Å². The second kappa shape index (κ2) is 6.92. The predicted molar refractivity (Wildman–Crippen MR) is 98.3 cm³/mol. The molecule has 1 aliphatic heterocycles. The van der Waals surface area contributed by atoms with Crippen LogP contribution in [0.2, 0.25) is 0 Å². The molecule has 5 heteroatoms. The van der Waals surface area contributed by atoms with Crippen LogP contribution >= 0.6 is 11.8 Å². The van der Waals surface area contributed by atoms with Crippen molar-refractivity contribution in [1.82, 2.24) is 9.88 Å². The Balaban J connectivity index is 1.69. The van der Waals surface area contributed by atoms with E-state index in [1.54, 1.807) is 6.07 Å². The molecule has 0 atom stereocenters. The van der Waals surface area contributed by atoms with Crippen LogP contribution in [0.1, 0.15) is 18.4 Å². The Morgan fingerprint density at radius 3 is 2.72 bits per heavy atom. The lowest BCUT2D eigenvalue weighted by Crippen LogP contribution is -2.29. The lowest BCUT2D eigenvalue weighted by atomic mass is 10.1. The maximum Gasteiger partial charge on any atom is 0.227 e. The molecule has 0 unspecified atom stereocenters. The first-order chi connectivity index (χ1) is 12.2. The highest BCUT2D eigenvalue weighted by Crippen LogP contribution is 2.35. The first kappa shape index (κ1) is 16.2. The number of amides is 1. The van der Waals surface area contributed by atoms with Crippen LogP contribution in [-0.4, -0.2) is 28.9 Å². The highest BCUT2D eigenvalue weighted by Gasteiger charge is 2.22. The molecule has 3 nitrogen and oxygen atoms in total. The number of nitrogens with zero attached hydrogens (tertiary/aromatic N) is 1. The summed E-state index contributed by atoms with van der Waals surface area (Å²) >= 11 is 1.47. The maximum absolute atomic E-state index is 13.5. The van der Waals surface area contributed by atoms with E-state index in [1.165, 1.54) is 23.9 Å². The monoisotopic (exact) mass is 354 g/mol. The maximum atomic E-state index is 13.5. The van der Waals surface area contributed by atoms with E-state index in [2.05, 4.69) is 4.98 Å². The molecule has 0 bridgehead atoms. The predicted octanol–water partition coefficient (Wildman–Crippen LogP) is 4.62. The molecule has 1 saturated heterocycles. The van der Waals surface area contributed by atoms with Gasteiger partial charge in [0.05, 0.1) is 11.4 Å². The average Bonchev–Trinajstić information content (AvgIpc) is 3.24. The van der Waals surface area contributed by atoms with Gasteiger partial charge in [-0.25, -0.2) is 4.39 Å². The van der Waals surface area contributed by atoms with Gasteiger partial charge in [-0.15, -0.1) is 0 Å². The van der Waals surface area contributed by atoms with Crippen LogP contribution in [0.3, 0.4) is 0 Å². The van der Waals surface area contributed by atoms with Crippen molar-refractivity contribution in [3.63, 3.8) is 0 Å². The van der Waals surface area contributed by atoms with E-state index in [4.69, 9.17) is 0 Å². The van der Waals surface area contributed by atoms with Gasteiger partial charge in [0.15, 0.2) is 0 Å². The molecule has 1 aromatic heterocycles. The number of benzene rings is 2. The first-order valence-electron chi connectivity index (χ1n) is 8.51. The van der Waals surface area contributed by atoms with Crippen molar-refractivity contribution in [2.24, 2.45) is 0 Å². The zero-order valence-corrected chi connectivity index (χ0v) is 14.6. The van der Waals surface area contributed by atoms with Crippen LogP contribution in [0.4, 0.5) is 4.39 Å². The molecule has 0 radical (unpaired) electrons. The van der Waals surface area contributed by atoms with Crippen molar-refractivity contribution in [2.75, 3.05) is 13.1 Å². The van der Waals surface area contributed by atoms with Crippen molar-refractivity contribution < 1.29 is 9.18 Å². The number of fused-ring (bicyclic) bond motifs is 1. The summed E-state index contributed by atoms with van der Waals surface area (Å²) in [5, 5.41) is 1.98. The van der Waals surface area contributed by atoms with Gasteiger partial charge < -0.3 is 9.88 Å². The third kappa shape index (κ3) is 3.42. The average molecular weight is 354 g/mol. The summed E-state index contributed by atoms with van der Waals surface area (Å²) in [6.45, 7) is 1.71. The lowest BCUT2D eigenvalue weighted by Gasteiger charge is -2.15. The molecular weight excluding hydrogens is 335 g/mol. The fourth-order valence-corrected chi connectivity index (χ4v) is 4.34. The number of carbonyl (C=O) groups excluding carboxylic acids is 1. The molecule has 0 aliphatic carbocycles. The third-order valence-electron chi connectivity index (χ3n) is 4.58. The zero-order valence-electron chi connectivity index (χ0n) is 13.8. The fraction of sp³-hybridized carbons (Fsp3) is 0.250. The lowest BCUT2D eigenvalue weighted by molar-refractivity contribution is -0.129. The van der Waals surface area contributed by atoms with Gasteiger partial charge in [-0.05, 0) is 37.1 Å². The Hall–Kier alpha value is -2.27. The number of para-hydroxylation sites is 1. The van der Waals surface area contributed by atoms with E-state index in [0.29, 0.717) is 6.42 Å². The smallest absolute Gasteiger partial charge is 0.227 e. The fourth-order valence-electron chi connectivity index (χ4n) is 3.32. The van der Waals surface area contributed by atoms with Crippen LogP contribution < -0.4 is 0 Å². The second-order valence-electron chi connectivity index (χ2n) is 6.30. The van der Waals surface area contributed by atoms with Crippen molar-refractivity contribution in [1.29, 1.82) is 0 Å². The van der Waals surface area contributed by atoms with E-state index in [1.807, 2.05) is 35.2 Å². The number of hydrogen-bond acceptors (Lipinski definition) is 2. The molecule has 128 valence electrons. The Morgan fingerprint density at radius 1 is 1.12 bits per heavy atom. The molecule has 2 heterocycles. The quantitative estimate of drug-likeness (QED) is 0.742. The van der Waals surface area contributed by atoms with Crippen LogP contribution in [0.25, 0.3) is 10.9 Å². The van der Waals surface area contributed by atoms with Gasteiger partial charge in [0, 0.05) is 34.5 Å². The van der Waals surface area contributed by atoms with Gasteiger partial charge in [-0.3, -0.25) is 4.79 Å². The van der Waals surface area contributed by atoms with Gasteiger partial charge in [-0.2, -0.15) is 0 Å². The van der Waals surface area contributed by atoms with Gasteiger partial charge in [0.2, 0.25) is 5.91 Å². The number of carbonyl (C=O) groups is 1. The largest absolute Gasteiger partial charge is 0.349 e. The normalized spacial score (nSPS) is 14.4. The first-order valence-corrected chi connectivity index (χ1v) is 9.33. The van der Waals surface area contributed by atoms with Gasteiger partial charge in [0.25, 0.3) is 0 Å².